The molecule has 0 radical (unpaired) electrons. The molecule has 6 N–H and O–H groups in total. The summed E-state index contributed by atoms with van der Waals surface area (Å²) in [6.45, 7) is 15.3. The summed E-state index contributed by atoms with van der Waals surface area (Å²) in [6.07, 6.45) is 13.7. The maximum absolute atomic E-state index is 11.8. The van der Waals surface area contributed by atoms with Crippen molar-refractivity contribution in [3.63, 3.8) is 0 Å². The molecular weight excluding hydrogens is 562 g/mol. The Balaban J connectivity index is 1.32. The van der Waals surface area contributed by atoms with Crippen LogP contribution in [0.5, 0.6) is 0 Å². The molecule has 0 heterocycles. The maximum atomic E-state index is 11.8. The first-order valence-corrected chi connectivity index (χ1v) is 19.1. The number of nitrogens with one attached hydrogen (secondary N) is 2. The first-order chi connectivity index (χ1) is 20.3. The minimum Gasteiger partial charge on any atom is -0.393 e. The van der Waals surface area contributed by atoms with Crippen LogP contribution in [0.2, 0.25) is 0 Å². The number of nitrogens with two attached hydrogens (primary N) is 1. The van der Waals surface area contributed by atoms with Crippen molar-refractivity contribution in [1.82, 2.24) is 10.6 Å². The van der Waals surface area contributed by atoms with Crippen LogP contribution in [0.1, 0.15) is 118 Å². The molecule has 0 saturated heterocycles. The van der Waals surface area contributed by atoms with Gasteiger partial charge in [0.15, 0.2) is 0 Å². The number of fused-ring (bicyclic) bond motifs is 5. The molecule has 43 heavy (non-hydrogen) atoms. The molecule has 0 aliphatic heterocycles. The van der Waals surface area contributed by atoms with Crippen molar-refractivity contribution in [2.24, 2.45) is 58.0 Å². The highest BCUT2D eigenvalue weighted by Crippen LogP contribution is 2.68. The SMILES string of the molecule is CC(C)C(CC[C@@H](C)[C@H]1CCC2C3C(O)CC4C[C@@H](NCCCNCCCCN)CC[C@]4(C)C3CC[C@@]21C)OS(=O)(=O)O. The second-order valence-corrected chi connectivity index (χ2v) is 17.0. The van der Waals surface area contributed by atoms with Crippen molar-refractivity contribution in [1.29, 1.82) is 0 Å². The highest BCUT2D eigenvalue weighted by molar-refractivity contribution is 7.80. The van der Waals surface area contributed by atoms with Gasteiger partial charge in [0.1, 0.15) is 0 Å². The van der Waals surface area contributed by atoms with Gasteiger partial charge >= 0.3 is 10.4 Å². The van der Waals surface area contributed by atoms with Crippen LogP contribution in [0.15, 0.2) is 0 Å². The van der Waals surface area contributed by atoms with Gasteiger partial charge in [-0.3, -0.25) is 4.55 Å². The fraction of sp³-hybridized carbons (Fsp3) is 1.00. The average Bonchev–Trinajstić information content (AvgIpc) is 3.29. The van der Waals surface area contributed by atoms with Gasteiger partial charge in [-0.25, -0.2) is 4.18 Å². The summed E-state index contributed by atoms with van der Waals surface area (Å²) in [7, 11) is -4.45. The Hall–Kier alpha value is -0.290. The third-order valence-electron chi connectivity index (χ3n) is 13.1. The second kappa shape index (κ2) is 15.1. The van der Waals surface area contributed by atoms with E-state index in [4.69, 9.17) is 9.92 Å². The molecule has 4 aliphatic carbocycles. The summed E-state index contributed by atoms with van der Waals surface area (Å²) in [5.41, 5.74) is 6.13. The van der Waals surface area contributed by atoms with E-state index < -0.39 is 16.5 Å². The van der Waals surface area contributed by atoms with Crippen LogP contribution in [0, 0.1) is 52.3 Å². The number of rotatable bonds is 16. The van der Waals surface area contributed by atoms with Gasteiger partial charge in [-0.05, 0) is 162 Å². The summed E-state index contributed by atoms with van der Waals surface area (Å²) in [6, 6.07) is 0.573. The summed E-state index contributed by atoms with van der Waals surface area (Å²) in [5.74, 6) is 3.21. The largest absolute Gasteiger partial charge is 0.397 e. The normalized spacial score (nSPS) is 39.2. The first-order valence-electron chi connectivity index (χ1n) is 17.8. The lowest BCUT2D eigenvalue weighted by atomic mass is 9.43. The van der Waals surface area contributed by atoms with Crippen LogP contribution in [0.4, 0.5) is 0 Å². The zero-order chi connectivity index (χ0) is 31.4. The van der Waals surface area contributed by atoms with Gasteiger partial charge in [0.2, 0.25) is 0 Å². The fourth-order valence-corrected chi connectivity index (χ4v) is 11.3. The van der Waals surface area contributed by atoms with E-state index in [9.17, 15) is 18.1 Å². The molecule has 0 amide bonds. The fourth-order valence-electron chi connectivity index (χ4n) is 10.7. The third-order valence-corrected chi connectivity index (χ3v) is 13.6. The number of hydrogen-bond donors (Lipinski definition) is 5. The van der Waals surface area contributed by atoms with E-state index >= 15 is 0 Å². The lowest BCUT2D eigenvalue weighted by molar-refractivity contribution is -0.167. The molecule has 4 rings (SSSR count). The highest BCUT2D eigenvalue weighted by Gasteiger charge is 2.62. The van der Waals surface area contributed by atoms with Crippen molar-refractivity contribution >= 4 is 10.4 Å². The molecule has 0 aromatic heterocycles. The standard InChI is InChI=1S/C34H65N3O5S/c1-23(2)31(42-43(39,40)41)12-9-24(3)27-10-11-28-32-29(14-16-34(27,28)5)33(4)15-13-26(21-25(33)22-30(32)38)37-20-8-19-36-18-7-6-17-35/h23-32,36-38H,6-22,35H2,1-5H3,(H,39,40,41)/t24-,25?,26+,27-,28?,29?,30?,31?,32?,33+,34-/m1/s1. The van der Waals surface area contributed by atoms with Gasteiger partial charge in [0, 0.05) is 6.04 Å². The van der Waals surface area contributed by atoms with Crippen molar-refractivity contribution in [3.05, 3.63) is 0 Å². The van der Waals surface area contributed by atoms with Crippen molar-refractivity contribution in [3.8, 4) is 0 Å². The number of hydrogen-bond acceptors (Lipinski definition) is 7. The Labute approximate surface area is 263 Å². The molecule has 252 valence electrons. The van der Waals surface area contributed by atoms with E-state index in [-0.39, 0.29) is 17.4 Å². The van der Waals surface area contributed by atoms with E-state index in [0.717, 1.165) is 58.3 Å². The van der Waals surface area contributed by atoms with Crippen molar-refractivity contribution < 1.29 is 22.3 Å². The van der Waals surface area contributed by atoms with E-state index in [1.165, 1.54) is 44.9 Å². The van der Waals surface area contributed by atoms with E-state index in [2.05, 4.69) is 31.4 Å². The van der Waals surface area contributed by atoms with Crippen LogP contribution >= 0.6 is 0 Å². The Morgan fingerprint density at radius 1 is 0.907 bits per heavy atom. The quantitative estimate of drug-likeness (QED) is 0.111. The van der Waals surface area contributed by atoms with Crippen LogP contribution in [0.3, 0.4) is 0 Å². The molecule has 0 spiro atoms. The van der Waals surface area contributed by atoms with Crippen LogP contribution in [0.25, 0.3) is 0 Å². The smallest absolute Gasteiger partial charge is 0.393 e. The zero-order valence-electron chi connectivity index (χ0n) is 27.9. The summed E-state index contributed by atoms with van der Waals surface area (Å²) >= 11 is 0. The van der Waals surface area contributed by atoms with E-state index in [1.807, 2.05) is 13.8 Å². The van der Waals surface area contributed by atoms with Crippen LogP contribution < -0.4 is 16.4 Å². The topological polar surface area (TPSA) is 134 Å². The lowest BCUT2D eigenvalue weighted by Crippen LogP contribution is -2.59. The predicted molar refractivity (Wildman–Crippen MR) is 174 cm³/mol. The molecule has 0 bridgehead atoms. The average molecular weight is 628 g/mol. The lowest BCUT2D eigenvalue weighted by Gasteiger charge is -2.62. The van der Waals surface area contributed by atoms with Crippen molar-refractivity contribution in [2.45, 2.75) is 136 Å². The first kappa shape index (κ1) is 35.6. The van der Waals surface area contributed by atoms with Gasteiger partial charge in [0.25, 0.3) is 0 Å². The van der Waals surface area contributed by atoms with Gasteiger partial charge in [-0.1, -0.05) is 34.6 Å². The zero-order valence-corrected chi connectivity index (χ0v) is 28.7. The number of aliphatic hydroxyl groups excluding tert-OH is 1. The number of aliphatic hydroxyl groups is 1. The molecule has 6 unspecified atom stereocenters. The number of unbranched alkanes of at least 4 members (excludes halogenated alkanes) is 1. The second-order valence-electron chi connectivity index (χ2n) is 15.9. The minimum atomic E-state index is -4.45. The molecule has 4 aliphatic rings. The summed E-state index contributed by atoms with van der Waals surface area (Å²) in [5, 5.41) is 19.2. The Bertz CT molecular complexity index is 981. The van der Waals surface area contributed by atoms with Gasteiger partial charge in [0.05, 0.1) is 12.2 Å². The summed E-state index contributed by atoms with van der Waals surface area (Å²) < 4.78 is 37.1. The third kappa shape index (κ3) is 8.36. The van der Waals surface area contributed by atoms with Gasteiger partial charge in [-0.15, -0.1) is 0 Å². The monoisotopic (exact) mass is 627 g/mol. The Morgan fingerprint density at radius 3 is 2.30 bits per heavy atom. The molecule has 9 heteroatoms. The van der Waals surface area contributed by atoms with Crippen LogP contribution in [-0.2, 0) is 14.6 Å². The Morgan fingerprint density at radius 2 is 1.60 bits per heavy atom. The summed E-state index contributed by atoms with van der Waals surface area (Å²) in [4.78, 5) is 0. The predicted octanol–water partition coefficient (Wildman–Crippen LogP) is 5.55. The van der Waals surface area contributed by atoms with E-state index in [1.54, 1.807) is 0 Å². The minimum absolute atomic E-state index is 0.0152. The maximum Gasteiger partial charge on any atom is 0.397 e. The molecule has 0 aromatic carbocycles. The van der Waals surface area contributed by atoms with Crippen molar-refractivity contribution in [2.75, 3.05) is 26.2 Å². The van der Waals surface area contributed by atoms with Gasteiger partial charge in [-0.2, -0.15) is 8.42 Å². The molecule has 4 fully saturated rings. The van der Waals surface area contributed by atoms with E-state index in [0.29, 0.717) is 53.4 Å². The van der Waals surface area contributed by atoms with Crippen LogP contribution in [-0.4, -0.2) is 62.5 Å². The Kier molecular flexibility index (Phi) is 12.5. The molecule has 11 atom stereocenters. The molecule has 8 nitrogen and oxygen atoms in total. The molecule has 0 aromatic rings. The van der Waals surface area contributed by atoms with Gasteiger partial charge < -0.3 is 21.5 Å². The molecular formula is C34H65N3O5S. The highest BCUT2D eigenvalue weighted by atomic mass is 32.3. The molecule has 4 saturated carbocycles.